The van der Waals surface area contributed by atoms with E-state index >= 15 is 0 Å². The van der Waals surface area contributed by atoms with Crippen molar-refractivity contribution in [3.63, 3.8) is 0 Å². The molecule has 7 heteroatoms. The molecule has 28 heavy (non-hydrogen) atoms. The van der Waals surface area contributed by atoms with E-state index in [1.165, 1.54) is 11.3 Å². The maximum atomic E-state index is 12.3. The fraction of sp³-hybridized carbons (Fsp3) is 0.381. The Bertz CT molecular complexity index is 885. The Morgan fingerprint density at radius 2 is 1.86 bits per heavy atom. The van der Waals surface area contributed by atoms with Crippen molar-refractivity contribution in [3.8, 4) is 5.75 Å². The van der Waals surface area contributed by atoms with Crippen LogP contribution in [0.4, 0.5) is 5.00 Å². The lowest BCUT2D eigenvalue weighted by molar-refractivity contribution is -0.118. The highest BCUT2D eigenvalue weighted by Gasteiger charge is 2.28. The van der Waals surface area contributed by atoms with E-state index in [0.29, 0.717) is 28.3 Å². The van der Waals surface area contributed by atoms with E-state index in [9.17, 15) is 14.4 Å². The molecule has 6 nitrogen and oxygen atoms in total. The summed E-state index contributed by atoms with van der Waals surface area (Å²) in [4.78, 5) is 37.4. The molecule has 0 fully saturated rings. The summed E-state index contributed by atoms with van der Waals surface area (Å²) in [6, 6.07) is 6.70. The zero-order valence-electron chi connectivity index (χ0n) is 16.0. The molecular weight excluding hydrogens is 378 g/mol. The zero-order valence-corrected chi connectivity index (χ0v) is 16.8. The lowest BCUT2D eigenvalue weighted by Crippen LogP contribution is -2.21. The van der Waals surface area contributed by atoms with Crippen molar-refractivity contribution in [2.24, 2.45) is 0 Å². The summed E-state index contributed by atoms with van der Waals surface area (Å²) in [5, 5.41) is 3.32. The Hall–Kier alpha value is -2.67. The Morgan fingerprint density at radius 3 is 2.54 bits per heavy atom. The normalized spacial score (nSPS) is 12.4. The largest absolute Gasteiger partial charge is 0.484 e. The first-order chi connectivity index (χ1) is 13.5. The number of hydrogen-bond acceptors (Lipinski definition) is 6. The Kier molecular flexibility index (Phi) is 6.46. The third-order valence-electron chi connectivity index (χ3n) is 4.52. The fourth-order valence-electron chi connectivity index (χ4n) is 3.16. The van der Waals surface area contributed by atoms with Crippen LogP contribution < -0.4 is 10.1 Å². The van der Waals surface area contributed by atoms with Gasteiger partial charge in [-0.15, -0.1) is 11.3 Å². The first-order valence-corrected chi connectivity index (χ1v) is 10.2. The lowest BCUT2D eigenvalue weighted by atomic mass is 10.1. The van der Waals surface area contributed by atoms with Crippen molar-refractivity contribution in [2.75, 3.05) is 18.5 Å². The quantitative estimate of drug-likeness (QED) is 0.534. The summed E-state index contributed by atoms with van der Waals surface area (Å²) in [6.07, 6.45) is 3.20. The number of aryl methyl sites for hydroxylation is 1. The number of carbonyl (C=O) groups is 3. The summed E-state index contributed by atoms with van der Waals surface area (Å²) >= 11 is 1.43. The molecule has 0 radical (unpaired) electrons. The zero-order chi connectivity index (χ0) is 20.1. The topological polar surface area (TPSA) is 81.7 Å². The molecule has 1 aromatic carbocycles. The maximum absolute atomic E-state index is 12.3. The number of carbonyl (C=O) groups excluding carboxylic acids is 3. The third kappa shape index (κ3) is 4.42. The Labute approximate surface area is 167 Å². The number of benzene rings is 1. The average molecular weight is 401 g/mol. The molecule has 1 aliphatic carbocycles. The van der Waals surface area contributed by atoms with Crippen molar-refractivity contribution < 1.29 is 23.9 Å². The van der Waals surface area contributed by atoms with Crippen LogP contribution in [0, 0.1) is 0 Å². The second-order valence-electron chi connectivity index (χ2n) is 6.42. The summed E-state index contributed by atoms with van der Waals surface area (Å²) in [5.74, 6) is -0.183. The van der Waals surface area contributed by atoms with Crippen molar-refractivity contribution in [1.29, 1.82) is 0 Å². The number of ketones is 1. The second-order valence-corrected chi connectivity index (χ2v) is 7.53. The first kappa shape index (κ1) is 20.1. The van der Waals surface area contributed by atoms with Crippen LogP contribution in [0.1, 0.15) is 57.8 Å². The molecule has 0 aliphatic heterocycles. The van der Waals surface area contributed by atoms with Gasteiger partial charge in [0, 0.05) is 16.9 Å². The summed E-state index contributed by atoms with van der Waals surface area (Å²) in [5.41, 5.74) is 2.09. The van der Waals surface area contributed by atoms with Crippen LogP contribution in [0.15, 0.2) is 24.3 Å². The number of hydrogen-bond donors (Lipinski definition) is 1. The minimum absolute atomic E-state index is 0.0570. The molecule has 1 aromatic heterocycles. The van der Waals surface area contributed by atoms with Gasteiger partial charge in [-0.2, -0.15) is 0 Å². The van der Waals surface area contributed by atoms with E-state index in [2.05, 4.69) is 5.32 Å². The number of ether oxygens (including phenoxy) is 2. The number of Topliss-reactive ketones (excluding diaryl/α,β-unsaturated/α-hetero) is 1. The van der Waals surface area contributed by atoms with Crippen LogP contribution in [0.5, 0.6) is 5.75 Å². The van der Waals surface area contributed by atoms with Gasteiger partial charge in [-0.1, -0.05) is 6.92 Å². The Balaban J connectivity index is 1.64. The SMILES string of the molecule is CCOC(=O)c1c(NC(=O)COc2ccc(C(=O)CC)cc2)sc2c1CCC2. The minimum Gasteiger partial charge on any atom is -0.484 e. The van der Waals surface area contributed by atoms with Gasteiger partial charge in [0.1, 0.15) is 10.8 Å². The van der Waals surface area contributed by atoms with E-state index in [0.717, 1.165) is 29.7 Å². The molecule has 3 rings (SSSR count). The molecule has 148 valence electrons. The molecule has 1 aliphatic rings. The second kappa shape index (κ2) is 9.01. The highest BCUT2D eigenvalue weighted by Crippen LogP contribution is 2.39. The van der Waals surface area contributed by atoms with Gasteiger partial charge in [-0.05, 0) is 56.0 Å². The van der Waals surface area contributed by atoms with E-state index in [1.54, 1.807) is 31.2 Å². The third-order valence-corrected chi connectivity index (χ3v) is 5.73. The van der Waals surface area contributed by atoms with Crippen molar-refractivity contribution in [1.82, 2.24) is 0 Å². The van der Waals surface area contributed by atoms with E-state index in [1.807, 2.05) is 6.92 Å². The van der Waals surface area contributed by atoms with Gasteiger partial charge in [0.05, 0.1) is 12.2 Å². The van der Waals surface area contributed by atoms with Crippen LogP contribution in [-0.4, -0.2) is 30.9 Å². The van der Waals surface area contributed by atoms with Gasteiger partial charge >= 0.3 is 5.97 Å². The summed E-state index contributed by atoms with van der Waals surface area (Å²) < 4.78 is 10.7. The first-order valence-electron chi connectivity index (χ1n) is 9.41. The standard InChI is InChI=1S/C21H23NO5S/c1-3-16(23)13-8-10-14(11-9-13)27-12-18(24)22-20-19(21(25)26-4-2)15-6-5-7-17(15)28-20/h8-11H,3-7,12H2,1-2H3,(H,22,24). The fourth-order valence-corrected chi connectivity index (χ4v) is 4.46. The number of esters is 1. The van der Waals surface area contributed by atoms with Gasteiger partial charge in [0.25, 0.3) is 5.91 Å². The molecule has 1 amide bonds. The van der Waals surface area contributed by atoms with Crippen molar-refractivity contribution in [3.05, 3.63) is 45.8 Å². The number of nitrogens with one attached hydrogen (secondary N) is 1. The molecule has 0 bridgehead atoms. The van der Waals surface area contributed by atoms with Gasteiger partial charge < -0.3 is 14.8 Å². The molecule has 1 heterocycles. The summed E-state index contributed by atoms with van der Waals surface area (Å²) in [7, 11) is 0. The predicted molar refractivity (Wildman–Crippen MR) is 107 cm³/mol. The van der Waals surface area contributed by atoms with E-state index in [4.69, 9.17) is 9.47 Å². The van der Waals surface area contributed by atoms with Gasteiger partial charge in [-0.3, -0.25) is 9.59 Å². The van der Waals surface area contributed by atoms with Crippen LogP contribution in [0.2, 0.25) is 0 Å². The highest BCUT2D eigenvalue weighted by atomic mass is 32.1. The average Bonchev–Trinajstić information content (AvgIpc) is 3.27. The van der Waals surface area contributed by atoms with E-state index < -0.39 is 5.97 Å². The van der Waals surface area contributed by atoms with Crippen LogP contribution in [0.3, 0.4) is 0 Å². The molecule has 2 aromatic rings. The molecule has 0 saturated heterocycles. The van der Waals surface area contributed by atoms with E-state index in [-0.39, 0.29) is 24.9 Å². The smallest absolute Gasteiger partial charge is 0.341 e. The minimum atomic E-state index is -0.394. The molecule has 0 unspecified atom stereocenters. The van der Waals surface area contributed by atoms with Gasteiger partial charge in [0.15, 0.2) is 12.4 Å². The Morgan fingerprint density at radius 1 is 1.11 bits per heavy atom. The molecule has 0 saturated carbocycles. The molecule has 1 N–H and O–H groups in total. The maximum Gasteiger partial charge on any atom is 0.341 e. The van der Waals surface area contributed by atoms with Gasteiger partial charge in [-0.25, -0.2) is 4.79 Å². The van der Waals surface area contributed by atoms with Crippen LogP contribution >= 0.6 is 11.3 Å². The monoisotopic (exact) mass is 401 g/mol. The van der Waals surface area contributed by atoms with Crippen molar-refractivity contribution in [2.45, 2.75) is 39.5 Å². The number of amides is 1. The summed E-state index contributed by atoms with van der Waals surface area (Å²) in [6.45, 7) is 3.67. The molecule has 0 spiro atoms. The number of rotatable bonds is 8. The number of anilines is 1. The number of thiophene rings is 1. The lowest BCUT2D eigenvalue weighted by Gasteiger charge is -2.09. The highest BCUT2D eigenvalue weighted by molar-refractivity contribution is 7.17. The predicted octanol–water partition coefficient (Wildman–Crippen LogP) is 4.02. The molecule has 0 atom stereocenters. The molecular formula is C21H23NO5S. The number of fused-ring (bicyclic) bond motifs is 1. The van der Waals surface area contributed by atoms with Gasteiger partial charge in [0.2, 0.25) is 0 Å². The van der Waals surface area contributed by atoms with Crippen LogP contribution in [-0.2, 0) is 22.4 Å². The van der Waals surface area contributed by atoms with Crippen molar-refractivity contribution >= 4 is 34.0 Å². The van der Waals surface area contributed by atoms with Crippen LogP contribution in [0.25, 0.3) is 0 Å².